The number of rotatable bonds is 2. The zero-order valence-corrected chi connectivity index (χ0v) is 12.8. The van der Waals surface area contributed by atoms with Gasteiger partial charge >= 0.3 is 0 Å². The first-order valence-electron chi connectivity index (χ1n) is 5.08. The molecule has 0 heterocycles. The molecule has 0 aliphatic heterocycles. The fraction of sp³-hybridized carbons (Fsp3) is 0. The first kappa shape index (κ1) is 13.5. The number of amides is 1. The van der Waals surface area contributed by atoms with E-state index in [0.29, 0.717) is 15.7 Å². The molecule has 2 nitrogen and oxygen atoms in total. The van der Waals surface area contributed by atoms with Gasteiger partial charge in [0.15, 0.2) is 0 Å². The summed E-state index contributed by atoms with van der Waals surface area (Å²) in [6.07, 6.45) is 0. The molecule has 0 aliphatic carbocycles. The Morgan fingerprint density at radius 3 is 2.72 bits per heavy atom. The highest BCUT2D eigenvalue weighted by molar-refractivity contribution is 14.1. The highest BCUT2D eigenvalue weighted by Crippen LogP contribution is 2.23. The molecule has 0 aliphatic rings. The second-order valence-electron chi connectivity index (χ2n) is 3.59. The Kier molecular flexibility index (Phi) is 4.34. The largest absolute Gasteiger partial charge is 0.321 e. The highest BCUT2D eigenvalue weighted by Gasteiger charge is 2.09. The Morgan fingerprint density at radius 1 is 1.22 bits per heavy atom. The van der Waals surface area contributed by atoms with E-state index in [2.05, 4.69) is 43.8 Å². The summed E-state index contributed by atoms with van der Waals surface area (Å²) in [6.45, 7) is 0. The second kappa shape index (κ2) is 5.79. The van der Waals surface area contributed by atoms with Crippen LogP contribution in [0.1, 0.15) is 10.4 Å². The third-order valence-corrected chi connectivity index (χ3v) is 3.63. The van der Waals surface area contributed by atoms with Gasteiger partial charge in [0.2, 0.25) is 0 Å². The van der Waals surface area contributed by atoms with Crippen LogP contribution in [0.4, 0.5) is 10.1 Å². The molecule has 0 atom stereocenters. The van der Waals surface area contributed by atoms with Gasteiger partial charge in [-0.15, -0.1) is 0 Å². The first-order chi connectivity index (χ1) is 8.56. The summed E-state index contributed by atoms with van der Waals surface area (Å²) in [5.74, 6) is -0.657. The van der Waals surface area contributed by atoms with E-state index >= 15 is 0 Å². The van der Waals surface area contributed by atoms with Crippen LogP contribution in [0.5, 0.6) is 0 Å². The van der Waals surface area contributed by atoms with E-state index in [1.165, 1.54) is 12.1 Å². The van der Waals surface area contributed by atoms with Crippen LogP contribution in [0.3, 0.4) is 0 Å². The van der Waals surface area contributed by atoms with Crippen molar-refractivity contribution in [1.82, 2.24) is 0 Å². The molecule has 0 aromatic heterocycles. The van der Waals surface area contributed by atoms with Crippen molar-refractivity contribution >= 4 is 50.1 Å². The van der Waals surface area contributed by atoms with Crippen molar-refractivity contribution in [3.8, 4) is 0 Å². The average Bonchev–Trinajstić information content (AvgIpc) is 2.34. The quantitative estimate of drug-likeness (QED) is 0.716. The summed E-state index contributed by atoms with van der Waals surface area (Å²) in [6, 6.07) is 11.3. The van der Waals surface area contributed by atoms with Gasteiger partial charge in [0.25, 0.3) is 5.91 Å². The predicted octanol–water partition coefficient (Wildman–Crippen LogP) is 4.45. The molecule has 2 rings (SSSR count). The Labute approximate surface area is 126 Å². The lowest BCUT2D eigenvalue weighted by Crippen LogP contribution is -2.12. The maximum absolute atomic E-state index is 13.1. The van der Waals surface area contributed by atoms with Crippen molar-refractivity contribution in [3.63, 3.8) is 0 Å². The molecule has 0 saturated carbocycles. The number of hydrogen-bond acceptors (Lipinski definition) is 1. The summed E-state index contributed by atoms with van der Waals surface area (Å²) in [5, 5.41) is 2.67. The van der Waals surface area contributed by atoms with Crippen LogP contribution < -0.4 is 5.32 Å². The van der Waals surface area contributed by atoms with Crippen LogP contribution in [0.15, 0.2) is 46.9 Å². The summed E-state index contributed by atoms with van der Waals surface area (Å²) in [4.78, 5) is 12.0. The van der Waals surface area contributed by atoms with Crippen LogP contribution in [0, 0.1) is 9.39 Å². The third kappa shape index (κ3) is 3.29. The van der Waals surface area contributed by atoms with Crippen molar-refractivity contribution in [2.45, 2.75) is 0 Å². The summed E-state index contributed by atoms with van der Waals surface area (Å²) < 4.78 is 14.7. The molecule has 0 saturated heterocycles. The van der Waals surface area contributed by atoms with Crippen LogP contribution in [0.25, 0.3) is 0 Å². The number of carbonyl (C=O) groups excluding carboxylic acids is 1. The van der Waals surface area contributed by atoms with Crippen LogP contribution in [-0.2, 0) is 0 Å². The van der Waals surface area contributed by atoms with Gasteiger partial charge in [-0.1, -0.05) is 6.07 Å². The van der Waals surface area contributed by atoms with Crippen molar-refractivity contribution in [2.75, 3.05) is 5.32 Å². The number of hydrogen-bond donors (Lipinski definition) is 1. The highest BCUT2D eigenvalue weighted by atomic mass is 127. The van der Waals surface area contributed by atoms with E-state index < -0.39 is 5.82 Å². The van der Waals surface area contributed by atoms with E-state index in [9.17, 15) is 9.18 Å². The lowest BCUT2D eigenvalue weighted by Gasteiger charge is -2.07. The Morgan fingerprint density at radius 2 is 2.00 bits per heavy atom. The van der Waals surface area contributed by atoms with Crippen LogP contribution >= 0.6 is 38.5 Å². The van der Waals surface area contributed by atoms with E-state index in [1.54, 1.807) is 24.3 Å². The lowest BCUT2D eigenvalue weighted by atomic mass is 10.2. The predicted molar refractivity (Wildman–Crippen MR) is 81.2 cm³/mol. The molecule has 2 aromatic carbocycles. The number of halogens is 3. The molecule has 1 amide bonds. The minimum absolute atomic E-state index is 0.264. The topological polar surface area (TPSA) is 29.1 Å². The maximum atomic E-state index is 13.1. The fourth-order valence-electron chi connectivity index (χ4n) is 1.42. The van der Waals surface area contributed by atoms with Gasteiger partial charge in [0.1, 0.15) is 5.82 Å². The van der Waals surface area contributed by atoms with Gasteiger partial charge in [-0.05, 0) is 74.9 Å². The van der Waals surface area contributed by atoms with Crippen LogP contribution in [-0.4, -0.2) is 5.91 Å². The number of anilines is 1. The molecular weight excluding hydrogens is 412 g/mol. The van der Waals surface area contributed by atoms with Crippen LogP contribution in [0.2, 0.25) is 0 Å². The summed E-state index contributed by atoms with van der Waals surface area (Å²) >= 11 is 5.40. The number of benzene rings is 2. The molecule has 0 bridgehead atoms. The molecule has 0 radical (unpaired) electrons. The smallest absolute Gasteiger partial charge is 0.255 e. The van der Waals surface area contributed by atoms with Crippen molar-refractivity contribution in [1.29, 1.82) is 0 Å². The van der Waals surface area contributed by atoms with Gasteiger partial charge < -0.3 is 5.32 Å². The Balaban J connectivity index is 2.24. The van der Waals surface area contributed by atoms with E-state index in [-0.39, 0.29) is 5.91 Å². The van der Waals surface area contributed by atoms with E-state index in [0.717, 1.165) is 3.57 Å². The fourth-order valence-corrected chi connectivity index (χ4v) is 2.31. The molecule has 0 unspecified atom stereocenters. The Bertz CT molecular complexity index is 603. The van der Waals surface area contributed by atoms with Gasteiger partial charge in [-0.3, -0.25) is 4.79 Å². The van der Waals surface area contributed by atoms with Gasteiger partial charge in [0.05, 0.1) is 5.69 Å². The molecule has 5 heteroatoms. The minimum atomic E-state index is -0.392. The zero-order chi connectivity index (χ0) is 13.1. The zero-order valence-electron chi connectivity index (χ0n) is 9.08. The van der Waals surface area contributed by atoms with Gasteiger partial charge in [-0.25, -0.2) is 4.39 Å². The summed E-state index contributed by atoms with van der Waals surface area (Å²) in [5.41, 5.74) is 0.955. The van der Waals surface area contributed by atoms with E-state index in [1.807, 2.05) is 6.07 Å². The maximum Gasteiger partial charge on any atom is 0.255 e. The first-order valence-corrected chi connectivity index (χ1v) is 6.95. The minimum Gasteiger partial charge on any atom is -0.321 e. The number of carbonyl (C=O) groups is 1. The SMILES string of the molecule is O=C(Nc1cc(F)ccc1Br)c1cccc(I)c1. The molecule has 92 valence electrons. The number of nitrogens with one attached hydrogen (secondary N) is 1. The standard InChI is InChI=1S/C13H8BrFINO/c14-11-5-4-9(15)7-12(11)17-13(18)8-2-1-3-10(16)6-8/h1-7H,(H,17,18). The van der Waals surface area contributed by atoms with Crippen molar-refractivity contribution < 1.29 is 9.18 Å². The molecule has 2 aromatic rings. The van der Waals surface area contributed by atoms with Crippen molar-refractivity contribution in [2.24, 2.45) is 0 Å². The monoisotopic (exact) mass is 419 g/mol. The normalized spacial score (nSPS) is 10.2. The summed E-state index contributed by atoms with van der Waals surface area (Å²) in [7, 11) is 0. The van der Waals surface area contributed by atoms with E-state index in [4.69, 9.17) is 0 Å². The molecule has 18 heavy (non-hydrogen) atoms. The molecular formula is C13H8BrFINO. The van der Waals surface area contributed by atoms with Gasteiger partial charge in [0, 0.05) is 13.6 Å². The second-order valence-corrected chi connectivity index (χ2v) is 5.69. The van der Waals surface area contributed by atoms with Gasteiger partial charge in [-0.2, -0.15) is 0 Å². The average molecular weight is 420 g/mol. The molecule has 1 N–H and O–H groups in total. The third-order valence-electron chi connectivity index (χ3n) is 2.26. The molecule has 0 spiro atoms. The lowest BCUT2D eigenvalue weighted by molar-refractivity contribution is 0.102. The molecule has 0 fully saturated rings. The van der Waals surface area contributed by atoms with Crippen molar-refractivity contribution in [3.05, 3.63) is 61.9 Å². The Hall–Kier alpha value is -0.950.